The van der Waals surface area contributed by atoms with Crippen molar-refractivity contribution in [3.63, 3.8) is 0 Å². The van der Waals surface area contributed by atoms with Gasteiger partial charge in [0.25, 0.3) is 0 Å². The van der Waals surface area contributed by atoms with Crippen LogP contribution in [0.4, 0.5) is 0 Å². The van der Waals surface area contributed by atoms with Crippen LogP contribution in [0.3, 0.4) is 0 Å². The normalized spacial score (nSPS) is 26.4. The molecule has 2 nitrogen and oxygen atoms in total. The molecule has 0 spiro atoms. The van der Waals surface area contributed by atoms with E-state index in [1.54, 1.807) is 0 Å². The summed E-state index contributed by atoms with van der Waals surface area (Å²) in [5.41, 5.74) is 1.39. The zero-order valence-corrected chi connectivity index (χ0v) is 13.8. The van der Waals surface area contributed by atoms with E-state index >= 15 is 0 Å². The summed E-state index contributed by atoms with van der Waals surface area (Å²) < 4.78 is 0. The van der Waals surface area contributed by atoms with Crippen molar-refractivity contribution < 1.29 is 0 Å². The van der Waals surface area contributed by atoms with E-state index in [4.69, 9.17) is 4.98 Å². The van der Waals surface area contributed by atoms with Gasteiger partial charge in [0.1, 0.15) is 5.01 Å². The molecule has 0 radical (unpaired) electrons. The fourth-order valence-corrected chi connectivity index (χ4v) is 4.37. The van der Waals surface area contributed by atoms with Gasteiger partial charge in [-0.2, -0.15) is 0 Å². The summed E-state index contributed by atoms with van der Waals surface area (Å²) in [6.07, 6.45) is 5.47. The highest BCUT2D eigenvalue weighted by Gasteiger charge is 2.29. The first kappa shape index (κ1) is 15.0. The van der Waals surface area contributed by atoms with Gasteiger partial charge in [-0.05, 0) is 31.7 Å². The Morgan fingerprint density at radius 3 is 2.63 bits per heavy atom. The first-order valence-corrected chi connectivity index (χ1v) is 8.43. The van der Waals surface area contributed by atoms with Gasteiger partial charge >= 0.3 is 0 Å². The van der Waals surface area contributed by atoms with Crippen molar-refractivity contribution in [3.8, 4) is 0 Å². The monoisotopic (exact) mass is 280 g/mol. The van der Waals surface area contributed by atoms with Gasteiger partial charge in [-0.1, -0.05) is 40.5 Å². The smallest absolute Gasteiger partial charge is 0.110 e. The largest absolute Gasteiger partial charge is 0.311 e. The zero-order chi connectivity index (χ0) is 14.0. The molecule has 108 valence electrons. The first-order valence-electron chi connectivity index (χ1n) is 7.55. The van der Waals surface area contributed by atoms with Gasteiger partial charge < -0.3 is 5.32 Å². The van der Waals surface area contributed by atoms with Crippen LogP contribution in [0.5, 0.6) is 0 Å². The maximum Gasteiger partial charge on any atom is 0.110 e. The van der Waals surface area contributed by atoms with Crippen molar-refractivity contribution in [2.75, 3.05) is 7.05 Å². The second kappa shape index (κ2) is 5.92. The van der Waals surface area contributed by atoms with Crippen LogP contribution in [0.25, 0.3) is 0 Å². The molecule has 1 N–H and O–H groups in total. The van der Waals surface area contributed by atoms with Crippen LogP contribution in [0.1, 0.15) is 70.1 Å². The molecule has 3 atom stereocenters. The predicted octanol–water partition coefficient (Wildman–Crippen LogP) is 4.53. The van der Waals surface area contributed by atoms with Crippen molar-refractivity contribution in [1.82, 2.24) is 10.3 Å². The molecule has 0 amide bonds. The Morgan fingerprint density at radius 2 is 2.11 bits per heavy atom. The molecule has 0 bridgehead atoms. The number of aromatic nitrogens is 1. The third kappa shape index (κ3) is 3.57. The van der Waals surface area contributed by atoms with Gasteiger partial charge in [-0.25, -0.2) is 4.98 Å². The van der Waals surface area contributed by atoms with Gasteiger partial charge in [0.15, 0.2) is 0 Å². The summed E-state index contributed by atoms with van der Waals surface area (Å²) in [5, 5.41) is 7.05. The standard InChI is InChI=1S/C16H28N2S/c1-11-7-6-8-12(9-11)14(17-5)15-18-13(10-19-15)16(2,3)4/h10-12,14,17H,6-9H2,1-5H3. The molecule has 0 saturated heterocycles. The van der Waals surface area contributed by atoms with Crippen LogP contribution < -0.4 is 5.32 Å². The summed E-state index contributed by atoms with van der Waals surface area (Å²) in [6.45, 7) is 9.11. The molecule has 2 rings (SSSR count). The van der Waals surface area contributed by atoms with E-state index in [9.17, 15) is 0 Å². The quantitative estimate of drug-likeness (QED) is 0.880. The first-order chi connectivity index (χ1) is 8.91. The Hall–Kier alpha value is -0.410. The zero-order valence-electron chi connectivity index (χ0n) is 13.0. The van der Waals surface area contributed by atoms with E-state index in [0.717, 1.165) is 11.8 Å². The van der Waals surface area contributed by atoms with E-state index < -0.39 is 0 Å². The number of hydrogen-bond donors (Lipinski definition) is 1. The fraction of sp³-hybridized carbons (Fsp3) is 0.812. The van der Waals surface area contributed by atoms with E-state index in [-0.39, 0.29) is 5.41 Å². The van der Waals surface area contributed by atoms with Crippen molar-refractivity contribution in [1.29, 1.82) is 0 Å². The van der Waals surface area contributed by atoms with E-state index in [1.165, 1.54) is 36.4 Å². The summed E-state index contributed by atoms with van der Waals surface area (Å²) in [4.78, 5) is 4.91. The third-order valence-electron chi connectivity index (χ3n) is 4.32. The van der Waals surface area contributed by atoms with Gasteiger partial charge in [-0.3, -0.25) is 0 Å². The molecule has 0 aliphatic heterocycles. The number of hydrogen-bond acceptors (Lipinski definition) is 3. The SMILES string of the molecule is CNC(c1nc(C(C)(C)C)cs1)C1CCCC(C)C1. The lowest BCUT2D eigenvalue weighted by Crippen LogP contribution is -2.29. The molecule has 1 aromatic heterocycles. The third-order valence-corrected chi connectivity index (χ3v) is 5.24. The highest BCUT2D eigenvalue weighted by atomic mass is 32.1. The number of thiazole rings is 1. The van der Waals surface area contributed by atoms with E-state index in [1.807, 2.05) is 11.3 Å². The minimum Gasteiger partial charge on any atom is -0.311 e. The van der Waals surface area contributed by atoms with E-state index in [0.29, 0.717) is 6.04 Å². The van der Waals surface area contributed by atoms with Gasteiger partial charge in [0.2, 0.25) is 0 Å². The van der Waals surface area contributed by atoms with Gasteiger partial charge in [0, 0.05) is 10.8 Å². The lowest BCUT2D eigenvalue weighted by molar-refractivity contribution is 0.229. The molecule has 3 heteroatoms. The van der Waals surface area contributed by atoms with Crippen molar-refractivity contribution in [3.05, 3.63) is 16.1 Å². The molecule has 1 aromatic rings. The molecule has 1 saturated carbocycles. The number of rotatable bonds is 3. The number of nitrogens with one attached hydrogen (secondary N) is 1. The average Bonchev–Trinajstić information content (AvgIpc) is 2.79. The Labute approximate surface area is 122 Å². The van der Waals surface area contributed by atoms with Crippen molar-refractivity contribution in [2.45, 2.75) is 64.8 Å². The van der Waals surface area contributed by atoms with Crippen LogP contribution in [-0.4, -0.2) is 12.0 Å². The second-order valence-electron chi connectivity index (χ2n) is 7.12. The van der Waals surface area contributed by atoms with Crippen LogP contribution in [0, 0.1) is 11.8 Å². The minimum absolute atomic E-state index is 0.160. The van der Waals surface area contributed by atoms with Crippen LogP contribution in [0.2, 0.25) is 0 Å². The predicted molar refractivity (Wildman–Crippen MR) is 83.7 cm³/mol. The molecule has 1 aliphatic carbocycles. The lowest BCUT2D eigenvalue weighted by Gasteiger charge is -2.32. The summed E-state index contributed by atoms with van der Waals surface area (Å²) in [6, 6.07) is 0.448. The summed E-state index contributed by atoms with van der Waals surface area (Å²) in [5.74, 6) is 1.63. The summed E-state index contributed by atoms with van der Waals surface area (Å²) >= 11 is 1.83. The molecular formula is C16H28N2S. The highest BCUT2D eigenvalue weighted by molar-refractivity contribution is 7.09. The van der Waals surface area contributed by atoms with Crippen molar-refractivity contribution >= 4 is 11.3 Å². The molecular weight excluding hydrogens is 252 g/mol. The molecule has 1 aliphatic rings. The molecule has 0 aromatic carbocycles. The Morgan fingerprint density at radius 1 is 1.37 bits per heavy atom. The number of nitrogens with zero attached hydrogens (tertiary/aromatic N) is 1. The van der Waals surface area contributed by atoms with Gasteiger partial charge in [-0.15, -0.1) is 11.3 Å². The molecule has 19 heavy (non-hydrogen) atoms. The second-order valence-corrected chi connectivity index (χ2v) is 8.01. The maximum atomic E-state index is 4.91. The topological polar surface area (TPSA) is 24.9 Å². The van der Waals surface area contributed by atoms with Crippen LogP contribution >= 0.6 is 11.3 Å². The Kier molecular flexibility index (Phi) is 4.67. The Balaban J connectivity index is 2.15. The summed E-state index contributed by atoms with van der Waals surface area (Å²) in [7, 11) is 2.09. The maximum absolute atomic E-state index is 4.91. The average molecular weight is 280 g/mol. The Bertz CT molecular complexity index is 405. The van der Waals surface area contributed by atoms with Crippen LogP contribution in [0.15, 0.2) is 5.38 Å². The van der Waals surface area contributed by atoms with Gasteiger partial charge in [0.05, 0.1) is 11.7 Å². The van der Waals surface area contributed by atoms with E-state index in [2.05, 4.69) is 45.4 Å². The highest BCUT2D eigenvalue weighted by Crippen LogP contribution is 2.38. The lowest BCUT2D eigenvalue weighted by atomic mass is 9.78. The molecule has 1 fully saturated rings. The molecule has 3 unspecified atom stereocenters. The van der Waals surface area contributed by atoms with Crippen molar-refractivity contribution in [2.24, 2.45) is 11.8 Å². The minimum atomic E-state index is 0.160. The fourth-order valence-electron chi connectivity index (χ4n) is 3.12. The van der Waals surface area contributed by atoms with Crippen LogP contribution in [-0.2, 0) is 5.41 Å². The molecule has 1 heterocycles.